The highest BCUT2D eigenvalue weighted by molar-refractivity contribution is 9.11. The van der Waals surface area contributed by atoms with Gasteiger partial charge in [-0.3, -0.25) is 4.79 Å². The van der Waals surface area contributed by atoms with Crippen molar-refractivity contribution in [2.24, 2.45) is 0 Å². The lowest BCUT2D eigenvalue weighted by Gasteiger charge is -1.96. The molecule has 1 N–H and O–H groups in total. The maximum absolute atomic E-state index is 10.7. The molecule has 0 spiro atoms. The summed E-state index contributed by atoms with van der Waals surface area (Å²) in [6, 6.07) is 3.86. The number of H-pyrrole nitrogens is 1. The average molecular weight is 303 g/mol. The molecular formula is C9H5Br2NO. The number of aldehydes is 1. The predicted octanol–water partition coefficient (Wildman–Crippen LogP) is 3.51. The monoisotopic (exact) mass is 301 g/mol. The first-order valence-electron chi connectivity index (χ1n) is 3.63. The Hall–Kier alpha value is -0.610. The molecule has 2 aromatic rings. The average Bonchev–Trinajstić information content (AvgIpc) is 2.47. The van der Waals surface area contributed by atoms with Crippen molar-refractivity contribution >= 4 is 49.0 Å². The van der Waals surface area contributed by atoms with Gasteiger partial charge in [-0.25, -0.2) is 0 Å². The van der Waals surface area contributed by atoms with Crippen LogP contribution in [0.1, 0.15) is 10.4 Å². The molecule has 0 saturated heterocycles. The number of aromatic nitrogens is 1. The van der Waals surface area contributed by atoms with Crippen molar-refractivity contribution in [2.75, 3.05) is 0 Å². The van der Waals surface area contributed by atoms with Crippen LogP contribution in [-0.2, 0) is 0 Å². The second-order valence-electron chi connectivity index (χ2n) is 2.67. The highest BCUT2D eigenvalue weighted by Gasteiger charge is 2.06. The second kappa shape index (κ2) is 3.27. The fraction of sp³-hybridized carbons (Fsp3) is 0. The Morgan fingerprint density at radius 2 is 2.08 bits per heavy atom. The normalized spacial score (nSPS) is 10.6. The molecule has 0 bridgehead atoms. The lowest BCUT2D eigenvalue weighted by Crippen LogP contribution is -1.77. The highest BCUT2D eigenvalue weighted by atomic mass is 79.9. The summed E-state index contributed by atoms with van der Waals surface area (Å²) in [5.41, 5.74) is 1.62. The quantitative estimate of drug-likeness (QED) is 0.804. The van der Waals surface area contributed by atoms with Gasteiger partial charge in [0.1, 0.15) is 0 Å². The summed E-state index contributed by atoms with van der Waals surface area (Å²) in [6.07, 6.45) is 2.55. The van der Waals surface area contributed by atoms with Crippen LogP contribution in [0.25, 0.3) is 10.9 Å². The molecule has 0 aliphatic rings. The van der Waals surface area contributed by atoms with Crippen molar-refractivity contribution in [2.45, 2.75) is 0 Å². The minimum Gasteiger partial charge on any atom is -0.360 e. The minimum atomic E-state index is 0.675. The van der Waals surface area contributed by atoms with Crippen molar-refractivity contribution < 1.29 is 4.79 Å². The van der Waals surface area contributed by atoms with Gasteiger partial charge in [0, 0.05) is 31.6 Å². The third kappa shape index (κ3) is 1.44. The summed E-state index contributed by atoms with van der Waals surface area (Å²) in [4.78, 5) is 13.7. The molecule has 2 rings (SSSR count). The molecule has 0 fully saturated rings. The first kappa shape index (κ1) is 8.97. The van der Waals surface area contributed by atoms with E-state index < -0.39 is 0 Å². The van der Waals surface area contributed by atoms with Crippen molar-refractivity contribution in [3.8, 4) is 0 Å². The number of carbonyl (C=O) groups is 1. The number of carbonyl (C=O) groups excluding carboxylic acids is 1. The summed E-state index contributed by atoms with van der Waals surface area (Å²) in [5.74, 6) is 0. The number of hydrogen-bond donors (Lipinski definition) is 1. The smallest absolute Gasteiger partial charge is 0.152 e. The zero-order chi connectivity index (χ0) is 9.42. The fourth-order valence-electron chi connectivity index (χ4n) is 1.30. The zero-order valence-corrected chi connectivity index (χ0v) is 9.65. The molecule has 66 valence electrons. The summed E-state index contributed by atoms with van der Waals surface area (Å²) in [6.45, 7) is 0. The molecule has 4 heteroatoms. The molecule has 0 radical (unpaired) electrons. The van der Waals surface area contributed by atoms with Gasteiger partial charge in [-0.1, -0.05) is 31.9 Å². The first-order chi connectivity index (χ1) is 6.22. The molecule has 2 nitrogen and oxygen atoms in total. The van der Waals surface area contributed by atoms with Crippen LogP contribution in [0.2, 0.25) is 0 Å². The van der Waals surface area contributed by atoms with Gasteiger partial charge in [0.05, 0.1) is 0 Å². The van der Waals surface area contributed by atoms with E-state index in [1.807, 2.05) is 12.1 Å². The summed E-state index contributed by atoms with van der Waals surface area (Å²) < 4.78 is 1.89. The predicted molar refractivity (Wildman–Crippen MR) is 59.1 cm³/mol. The molecule has 0 aliphatic carbocycles. The van der Waals surface area contributed by atoms with Gasteiger partial charge in [0.2, 0.25) is 0 Å². The standard InChI is InChI=1S/C9H5Br2NO/c10-6-1-7(11)9-5(4-13)3-12-8(9)2-6/h1-4,12H. The van der Waals surface area contributed by atoms with E-state index in [1.165, 1.54) is 0 Å². The van der Waals surface area contributed by atoms with Gasteiger partial charge in [0.15, 0.2) is 6.29 Å². The Bertz CT molecular complexity index is 476. The van der Waals surface area contributed by atoms with E-state index in [4.69, 9.17) is 0 Å². The maximum Gasteiger partial charge on any atom is 0.152 e. The molecule has 1 aromatic heterocycles. The molecule has 13 heavy (non-hydrogen) atoms. The van der Waals surface area contributed by atoms with Crippen LogP contribution >= 0.6 is 31.9 Å². The topological polar surface area (TPSA) is 32.9 Å². The number of fused-ring (bicyclic) bond motifs is 1. The molecular weight excluding hydrogens is 298 g/mol. The van der Waals surface area contributed by atoms with Crippen LogP contribution in [0.15, 0.2) is 27.3 Å². The third-order valence-corrected chi connectivity index (χ3v) is 2.94. The third-order valence-electron chi connectivity index (χ3n) is 1.85. The number of benzene rings is 1. The Morgan fingerprint density at radius 1 is 1.31 bits per heavy atom. The van der Waals surface area contributed by atoms with E-state index in [0.29, 0.717) is 5.56 Å². The Balaban J connectivity index is 2.89. The summed E-state index contributed by atoms with van der Waals surface area (Å²) in [7, 11) is 0. The van der Waals surface area contributed by atoms with Crippen LogP contribution in [0.5, 0.6) is 0 Å². The van der Waals surface area contributed by atoms with E-state index in [2.05, 4.69) is 36.8 Å². The number of aromatic amines is 1. The van der Waals surface area contributed by atoms with Crippen LogP contribution in [0.3, 0.4) is 0 Å². The Labute approximate surface area is 91.6 Å². The van der Waals surface area contributed by atoms with Crippen LogP contribution in [0.4, 0.5) is 0 Å². The van der Waals surface area contributed by atoms with Gasteiger partial charge in [0.25, 0.3) is 0 Å². The van der Waals surface area contributed by atoms with Crippen molar-refractivity contribution in [1.29, 1.82) is 0 Å². The van der Waals surface area contributed by atoms with Gasteiger partial charge < -0.3 is 4.98 Å². The first-order valence-corrected chi connectivity index (χ1v) is 5.22. The van der Waals surface area contributed by atoms with Gasteiger partial charge >= 0.3 is 0 Å². The van der Waals surface area contributed by atoms with E-state index in [-0.39, 0.29) is 0 Å². The van der Waals surface area contributed by atoms with Gasteiger partial charge in [-0.15, -0.1) is 0 Å². The van der Waals surface area contributed by atoms with Gasteiger partial charge in [-0.05, 0) is 12.1 Å². The van der Waals surface area contributed by atoms with E-state index in [0.717, 1.165) is 26.1 Å². The van der Waals surface area contributed by atoms with E-state index >= 15 is 0 Å². The largest absolute Gasteiger partial charge is 0.360 e. The minimum absolute atomic E-state index is 0.675. The molecule has 1 aromatic carbocycles. The molecule has 1 heterocycles. The van der Waals surface area contributed by atoms with Crippen molar-refractivity contribution in [3.63, 3.8) is 0 Å². The molecule has 0 amide bonds. The van der Waals surface area contributed by atoms with E-state index in [9.17, 15) is 4.79 Å². The van der Waals surface area contributed by atoms with Crippen LogP contribution in [0, 0.1) is 0 Å². The lowest BCUT2D eigenvalue weighted by molar-refractivity contribution is 0.112. The SMILES string of the molecule is O=Cc1c[nH]c2cc(Br)cc(Br)c12. The summed E-state index contributed by atoms with van der Waals surface area (Å²) >= 11 is 6.79. The fourth-order valence-corrected chi connectivity index (χ4v) is 2.76. The van der Waals surface area contributed by atoms with Crippen molar-refractivity contribution in [1.82, 2.24) is 4.98 Å². The zero-order valence-electron chi connectivity index (χ0n) is 6.47. The maximum atomic E-state index is 10.7. The van der Waals surface area contributed by atoms with Gasteiger partial charge in [-0.2, -0.15) is 0 Å². The second-order valence-corrected chi connectivity index (χ2v) is 4.44. The number of hydrogen-bond acceptors (Lipinski definition) is 1. The highest BCUT2D eigenvalue weighted by Crippen LogP contribution is 2.29. The van der Waals surface area contributed by atoms with Crippen LogP contribution in [-0.4, -0.2) is 11.3 Å². The number of rotatable bonds is 1. The van der Waals surface area contributed by atoms with E-state index in [1.54, 1.807) is 6.20 Å². The number of halogens is 2. The molecule has 0 unspecified atom stereocenters. The number of nitrogens with one attached hydrogen (secondary N) is 1. The molecule has 0 aliphatic heterocycles. The van der Waals surface area contributed by atoms with Crippen molar-refractivity contribution in [3.05, 3.63) is 32.8 Å². The lowest BCUT2D eigenvalue weighted by atomic mass is 10.2. The Kier molecular flexibility index (Phi) is 2.26. The molecule has 0 atom stereocenters. The van der Waals surface area contributed by atoms with Crippen LogP contribution < -0.4 is 0 Å². The summed E-state index contributed by atoms with van der Waals surface area (Å²) in [5, 5.41) is 0.929. The molecule has 0 saturated carbocycles. The Morgan fingerprint density at radius 3 is 2.77 bits per heavy atom.